The summed E-state index contributed by atoms with van der Waals surface area (Å²) in [7, 11) is 0. The molecule has 0 spiro atoms. The van der Waals surface area contributed by atoms with Gasteiger partial charge in [0, 0.05) is 18.9 Å². The number of hydrogen-bond acceptors (Lipinski definition) is 3. The monoisotopic (exact) mass is 285 g/mol. The molecule has 110 valence electrons. The second-order valence-electron chi connectivity index (χ2n) is 4.71. The summed E-state index contributed by atoms with van der Waals surface area (Å²) in [4.78, 5) is 15.6. The number of nitrogens with zero attached hydrogens (tertiary/aromatic N) is 1. The number of aromatic nitrogens is 1. The maximum Gasteiger partial charge on any atom is 0.315 e. The second-order valence-corrected chi connectivity index (χ2v) is 4.71. The van der Waals surface area contributed by atoms with Crippen molar-refractivity contribution in [2.45, 2.75) is 13.0 Å². The molecule has 5 nitrogen and oxygen atoms in total. The number of urea groups is 1. The number of benzene rings is 1. The minimum atomic E-state index is -0.284. The molecule has 2 rings (SSSR count). The molecular formula is C16H19N3O2. The molecule has 1 heterocycles. The molecule has 2 amide bonds. The smallest absolute Gasteiger partial charge is 0.315 e. The van der Waals surface area contributed by atoms with E-state index >= 15 is 0 Å². The van der Waals surface area contributed by atoms with E-state index in [1.165, 1.54) is 0 Å². The third-order valence-corrected chi connectivity index (χ3v) is 3.15. The normalized spacial score (nSPS) is 11.7. The summed E-state index contributed by atoms with van der Waals surface area (Å²) in [6, 6.07) is 11.5. The number of hydrogen-bond donors (Lipinski definition) is 3. The molecule has 5 heteroatoms. The van der Waals surface area contributed by atoms with Gasteiger partial charge in [0.05, 0.1) is 12.6 Å². The van der Waals surface area contributed by atoms with Crippen molar-refractivity contribution < 1.29 is 9.90 Å². The second kappa shape index (κ2) is 7.40. The number of pyridine rings is 1. The van der Waals surface area contributed by atoms with Gasteiger partial charge in [-0.25, -0.2) is 4.79 Å². The van der Waals surface area contributed by atoms with Crippen molar-refractivity contribution in [3.8, 4) is 11.1 Å². The molecule has 0 bridgehead atoms. The van der Waals surface area contributed by atoms with E-state index in [-0.39, 0.29) is 25.2 Å². The van der Waals surface area contributed by atoms with Crippen LogP contribution in [0.25, 0.3) is 11.1 Å². The van der Waals surface area contributed by atoms with Crippen LogP contribution in [0.1, 0.15) is 18.5 Å². The third-order valence-electron chi connectivity index (χ3n) is 3.15. The minimum absolute atomic E-state index is 0.0678. The van der Waals surface area contributed by atoms with Gasteiger partial charge in [-0.2, -0.15) is 0 Å². The van der Waals surface area contributed by atoms with E-state index < -0.39 is 0 Å². The van der Waals surface area contributed by atoms with Crippen molar-refractivity contribution in [1.82, 2.24) is 15.6 Å². The van der Waals surface area contributed by atoms with Gasteiger partial charge >= 0.3 is 6.03 Å². The first-order valence-electron chi connectivity index (χ1n) is 6.86. The van der Waals surface area contributed by atoms with Gasteiger partial charge in [-0.3, -0.25) is 4.98 Å². The number of aliphatic hydroxyl groups is 1. The zero-order chi connectivity index (χ0) is 15.1. The topological polar surface area (TPSA) is 74.2 Å². The molecule has 0 saturated heterocycles. The van der Waals surface area contributed by atoms with Crippen molar-refractivity contribution in [2.24, 2.45) is 0 Å². The Morgan fingerprint density at radius 3 is 2.62 bits per heavy atom. The number of rotatable bonds is 5. The van der Waals surface area contributed by atoms with Crippen LogP contribution >= 0.6 is 0 Å². The van der Waals surface area contributed by atoms with E-state index in [9.17, 15) is 4.79 Å². The van der Waals surface area contributed by atoms with Crippen LogP contribution < -0.4 is 10.6 Å². The van der Waals surface area contributed by atoms with Gasteiger partial charge in [-0.15, -0.1) is 0 Å². The Kier molecular flexibility index (Phi) is 5.29. The van der Waals surface area contributed by atoms with Gasteiger partial charge in [0.2, 0.25) is 0 Å². The summed E-state index contributed by atoms with van der Waals surface area (Å²) >= 11 is 0. The molecule has 0 aliphatic rings. The zero-order valence-corrected chi connectivity index (χ0v) is 11.9. The van der Waals surface area contributed by atoms with Crippen molar-refractivity contribution in [1.29, 1.82) is 0 Å². The van der Waals surface area contributed by atoms with Gasteiger partial charge in [-0.05, 0) is 29.7 Å². The first-order valence-corrected chi connectivity index (χ1v) is 6.86. The lowest BCUT2D eigenvalue weighted by Crippen LogP contribution is -2.38. The Bertz CT molecular complexity index is 570. The predicted molar refractivity (Wildman–Crippen MR) is 81.7 cm³/mol. The summed E-state index contributed by atoms with van der Waals surface area (Å²) in [5.74, 6) is 0. The standard InChI is InChI=1S/C16H19N3O2/c1-12(19-16(21)18-9-10-20)13-4-6-14(7-5-13)15-3-2-8-17-11-15/h2-8,11-12,20H,9-10H2,1H3,(H2,18,19,21). The SMILES string of the molecule is CC(NC(=O)NCCO)c1ccc(-c2cccnc2)cc1. The highest BCUT2D eigenvalue weighted by Gasteiger charge is 2.09. The van der Waals surface area contributed by atoms with Crippen LogP contribution in [-0.2, 0) is 0 Å². The Hall–Kier alpha value is -2.40. The van der Waals surface area contributed by atoms with Crippen molar-refractivity contribution >= 4 is 6.03 Å². The molecule has 1 atom stereocenters. The summed E-state index contributed by atoms with van der Waals surface area (Å²) in [6.07, 6.45) is 3.56. The molecule has 21 heavy (non-hydrogen) atoms. The Labute approximate surface area is 124 Å². The van der Waals surface area contributed by atoms with Crippen LogP contribution in [0.5, 0.6) is 0 Å². The zero-order valence-electron chi connectivity index (χ0n) is 11.9. The molecule has 0 radical (unpaired) electrons. The molecule has 0 fully saturated rings. The molecule has 0 aliphatic carbocycles. The van der Waals surface area contributed by atoms with E-state index in [0.29, 0.717) is 0 Å². The lowest BCUT2D eigenvalue weighted by atomic mass is 10.0. The summed E-state index contributed by atoms with van der Waals surface area (Å²) in [5.41, 5.74) is 3.16. The molecular weight excluding hydrogens is 266 g/mol. The van der Waals surface area contributed by atoms with Crippen LogP contribution in [0.2, 0.25) is 0 Å². The van der Waals surface area contributed by atoms with Crippen molar-refractivity contribution in [3.63, 3.8) is 0 Å². The Morgan fingerprint density at radius 2 is 2.00 bits per heavy atom. The van der Waals surface area contributed by atoms with Gasteiger partial charge in [0.1, 0.15) is 0 Å². The quantitative estimate of drug-likeness (QED) is 0.787. The van der Waals surface area contributed by atoms with Crippen molar-refractivity contribution in [3.05, 3.63) is 54.4 Å². The van der Waals surface area contributed by atoms with Crippen LogP contribution in [0, 0.1) is 0 Å². The number of nitrogens with one attached hydrogen (secondary N) is 2. The summed E-state index contributed by atoms with van der Waals surface area (Å²) < 4.78 is 0. The van der Waals surface area contributed by atoms with Gasteiger partial charge in [0.25, 0.3) is 0 Å². The van der Waals surface area contributed by atoms with Crippen LogP contribution in [0.4, 0.5) is 4.79 Å². The van der Waals surface area contributed by atoms with E-state index in [0.717, 1.165) is 16.7 Å². The largest absolute Gasteiger partial charge is 0.395 e. The highest BCUT2D eigenvalue weighted by atomic mass is 16.3. The van der Waals surface area contributed by atoms with Crippen LogP contribution in [-0.4, -0.2) is 29.3 Å². The van der Waals surface area contributed by atoms with Crippen molar-refractivity contribution in [2.75, 3.05) is 13.2 Å². The number of carbonyl (C=O) groups excluding carboxylic acids is 1. The third kappa shape index (κ3) is 4.29. The highest BCUT2D eigenvalue weighted by molar-refractivity contribution is 5.74. The number of aliphatic hydroxyl groups excluding tert-OH is 1. The maximum atomic E-state index is 11.5. The summed E-state index contributed by atoms with van der Waals surface area (Å²) in [5, 5.41) is 14.0. The van der Waals surface area contributed by atoms with Gasteiger partial charge < -0.3 is 15.7 Å². The summed E-state index contributed by atoms with van der Waals surface area (Å²) in [6.45, 7) is 2.09. The van der Waals surface area contributed by atoms with Crippen LogP contribution in [0.3, 0.4) is 0 Å². The van der Waals surface area contributed by atoms with Gasteiger partial charge in [0.15, 0.2) is 0 Å². The van der Waals surface area contributed by atoms with E-state index in [2.05, 4.69) is 15.6 Å². The fourth-order valence-electron chi connectivity index (χ4n) is 2.00. The van der Waals surface area contributed by atoms with Gasteiger partial charge in [-0.1, -0.05) is 30.3 Å². The van der Waals surface area contributed by atoms with Crippen LogP contribution in [0.15, 0.2) is 48.8 Å². The molecule has 2 aromatic rings. The molecule has 1 unspecified atom stereocenters. The molecule has 0 aliphatic heterocycles. The van der Waals surface area contributed by atoms with E-state index in [1.807, 2.05) is 49.5 Å². The highest BCUT2D eigenvalue weighted by Crippen LogP contribution is 2.21. The number of carbonyl (C=O) groups is 1. The lowest BCUT2D eigenvalue weighted by molar-refractivity contribution is 0.231. The number of amides is 2. The predicted octanol–water partition coefficient (Wildman–Crippen LogP) is 2.10. The Balaban J connectivity index is 2.00. The fourth-order valence-corrected chi connectivity index (χ4v) is 2.00. The molecule has 1 aromatic carbocycles. The first kappa shape index (κ1) is 15.0. The average Bonchev–Trinajstić information content (AvgIpc) is 2.54. The maximum absolute atomic E-state index is 11.5. The molecule has 1 aromatic heterocycles. The Morgan fingerprint density at radius 1 is 1.24 bits per heavy atom. The molecule has 0 saturated carbocycles. The first-order chi connectivity index (χ1) is 10.2. The van der Waals surface area contributed by atoms with E-state index in [1.54, 1.807) is 6.20 Å². The minimum Gasteiger partial charge on any atom is -0.395 e. The lowest BCUT2D eigenvalue weighted by Gasteiger charge is -2.15. The fraction of sp³-hybridized carbons (Fsp3) is 0.250. The molecule has 3 N–H and O–H groups in total. The van der Waals surface area contributed by atoms with E-state index in [4.69, 9.17) is 5.11 Å². The average molecular weight is 285 g/mol.